The number of nitrogens with zero attached hydrogens (tertiary/aromatic N) is 1. The number of piperazine rings is 1. The molecular formula is C13H21N3OS. The van der Waals surface area contributed by atoms with Crippen LogP contribution < -0.4 is 10.6 Å². The average Bonchev–Trinajstić information content (AvgIpc) is 2.76. The second-order valence-electron chi connectivity index (χ2n) is 4.60. The van der Waals surface area contributed by atoms with E-state index in [9.17, 15) is 4.79 Å². The SMILES string of the molecule is CCNC(=O)C1CNCCN1Cc1ccc(C)s1. The zero-order valence-corrected chi connectivity index (χ0v) is 11.8. The molecule has 2 N–H and O–H groups in total. The molecule has 4 nitrogen and oxygen atoms in total. The number of hydrogen-bond acceptors (Lipinski definition) is 4. The van der Waals surface area contributed by atoms with Crippen LogP contribution in [0.15, 0.2) is 12.1 Å². The molecule has 100 valence electrons. The summed E-state index contributed by atoms with van der Waals surface area (Å²) in [5, 5.41) is 6.22. The van der Waals surface area contributed by atoms with Crippen LogP contribution in [0.4, 0.5) is 0 Å². The molecule has 1 aliphatic rings. The first-order valence-corrected chi connectivity index (χ1v) is 7.30. The normalized spacial score (nSPS) is 20.9. The standard InChI is InChI=1S/C13H21N3OS/c1-3-15-13(17)12-8-14-6-7-16(12)9-11-5-4-10(2)18-11/h4-5,12,14H,3,6-9H2,1-2H3,(H,15,17). The van der Waals surface area contributed by atoms with Gasteiger partial charge in [-0.3, -0.25) is 9.69 Å². The van der Waals surface area contributed by atoms with Gasteiger partial charge in [-0.1, -0.05) is 0 Å². The smallest absolute Gasteiger partial charge is 0.238 e. The highest BCUT2D eigenvalue weighted by atomic mass is 32.1. The summed E-state index contributed by atoms with van der Waals surface area (Å²) >= 11 is 1.81. The minimum Gasteiger partial charge on any atom is -0.355 e. The summed E-state index contributed by atoms with van der Waals surface area (Å²) in [4.78, 5) is 17.0. The molecular weight excluding hydrogens is 246 g/mol. The summed E-state index contributed by atoms with van der Waals surface area (Å²) in [5.74, 6) is 0.137. The van der Waals surface area contributed by atoms with Crippen LogP contribution in [-0.4, -0.2) is 43.0 Å². The number of carbonyl (C=O) groups is 1. The monoisotopic (exact) mass is 267 g/mol. The van der Waals surface area contributed by atoms with Gasteiger partial charge >= 0.3 is 0 Å². The number of nitrogens with one attached hydrogen (secondary N) is 2. The number of rotatable bonds is 4. The fraction of sp³-hybridized carbons (Fsp3) is 0.615. The largest absolute Gasteiger partial charge is 0.355 e. The maximum absolute atomic E-state index is 12.0. The molecule has 0 radical (unpaired) electrons. The zero-order chi connectivity index (χ0) is 13.0. The number of aryl methyl sites for hydroxylation is 1. The number of carbonyl (C=O) groups excluding carboxylic acids is 1. The predicted molar refractivity (Wildman–Crippen MR) is 74.8 cm³/mol. The van der Waals surface area contributed by atoms with E-state index in [2.05, 4.69) is 34.6 Å². The molecule has 1 saturated heterocycles. The first-order valence-electron chi connectivity index (χ1n) is 6.48. The molecule has 1 amide bonds. The van der Waals surface area contributed by atoms with Crippen LogP contribution in [-0.2, 0) is 11.3 Å². The Morgan fingerprint density at radius 3 is 3.11 bits per heavy atom. The van der Waals surface area contributed by atoms with Crippen LogP contribution in [0, 0.1) is 6.92 Å². The van der Waals surface area contributed by atoms with Gasteiger partial charge < -0.3 is 10.6 Å². The van der Waals surface area contributed by atoms with Gasteiger partial charge in [-0.2, -0.15) is 0 Å². The van der Waals surface area contributed by atoms with E-state index < -0.39 is 0 Å². The van der Waals surface area contributed by atoms with E-state index in [1.165, 1.54) is 9.75 Å². The fourth-order valence-electron chi connectivity index (χ4n) is 2.26. The molecule has 2 rings (SSSR count). The Bertz CT molecular complexity index is 405. The van der Waals surface area contributed by atoms with Crippen LogP contribution in [0.1, 0.15) is 16.7 Å². The van der Waals surface area contributed by atoms with Crippen molar-refractivity contribution in [3.8, 4) is 0 Å². The Morgan fingerprint density at radius 2 is 2.44 bits per heavy atom. The highest BCUT2D eigenvalue weighted by Gasteiger charge is 2.28. The molecule has 1 fully saturated rings. The van der Waals surface area contributed by atoms with Crippen LogP contribution in [0.25, 0.3) is 0 Å². The lowest BCUT2D eigenvalue weighted by molar-refractivity contribution is -0.127. The van der Waals surface area contributed by atoms with E-state index in [0.717, 1.165) is 26.2 Å². The second kappa shape index (κ2) is 6.31. The van der Waals surface area contributed by atoms with Gasteiger partial charge in [-0.05, 0) is 26.0 Å². The van der Waals surface area contributed by atoms with Crippen LogP contribution in [0.3, 0.4) is 0 Å². The third-order valence-corrected chi connectivity index (χ3v) is 4.15. The molecule has 0 aromatic carbocycles. The lowest BCUT2D eigenvalue weighted by Crippen LogP contribution is -2.57. The topological polar surface area (TPSA) is 44.4 Å². The maximum Gasteiger partial charge on any atom is 0.238 e. The molecule has 0 saturated carbocycles. The minimum atomic E-state index is -0.0406. The van der Waals surface area contributed by atoms with E-state index in [4.69, 9.17) is 0 Å². The number of amides is 1. The molecule has 18 heavy (non-hydrogen) atoms. The van der Waals surface area contributed by atoms with Crippen molar-refractivity contribution in [1.29, 1.82) is 0 Å². The fourth-order valence-corrected chi connectivity index (χ4v) is 3.17. The van der Waals surface area contributed by atoms with Crippen LogP contribution in [0.5, 0.6) is 0 Å². The van der Waals surface area contributed by atoms with E-state index in [0.29, 0.717) is 6.54 Å². The lowest BCUT2D eigenvalue weighted by Gasteiger charge is -2.34. The number of thiophene rings is 1. The second-order valence-corrected chi connectivity index (χ2v) is 5.97. The van der Waals surface area contributed by atoms with Gasteiger partial charge in [0.25, 0.3) is 0 Å². The highest BCUT2D eigenvalue weighted by molar-refractivity contribution is 7.11. The molecule has 1 aliphatic heterocycles. The summed E-state index contributed by atoms with van der Waals surface area (Å²) in [6.45, 7) is 8.28. The van der Waals surface area contributed by atoms with E-state index in [-0.39, 0.29) is 11.9 Å². The lowest BCUT2D eigenvalue weighted by atomic mass is 10.1. The summed E-state index contributed by atoms with van der Waals surface area (Å²) in [6, 6.07) is 4.27. The van der Waals surface area contributed by atoms with Crippen molar-refractivity contribution in [1.82, 2.24) is 15.5 Å². The van der Waals surface area contributed by atoms with E-state index in [1.807, 2.05) is 18.3 Å². The predicted octanol–water partition coefficient (Wildman–Crippen LogP) is 0.966. The molecule has 1 unspecified atom stereocenters. The number of likely N-dealkylation sites (N-methyl/N-ethyl adjacent to an activating group) is 1. The van der Waals surface area contributed by atoms with Crippen molar-refractivity contribution >= 4 is 17.2 Å². The molecule has 1 atom stereocenters. The molecule has 5 heteroatoms. The molecule has 0 bridgehead atoms. The van der Waals surface area contributed by atoms with Crippen molar-refractivity contribution in [2.75, 3.05) is 26.2 Å². The Kier molecular flexibility index (Phi) is 4.74. The van der Waals surface area contributed by atoms with Crippen molar-refractivity contribution < 1.29 is 4.79 Å². The molecule has 2 heterocycles. The Balaban J connectivity index is 2.01. The van der Waals surface area contributed by atoms with E-state index in [1.54, 1.807) is 0 Å². The van der Waals surface area contributed by atoms with Gasteiger partial charge in [-0.15, -0.1) is 11.3 Å². The Labute approximate surface area is 112 Å². The van der Waals surface area contributed by atoms with Crippen molar-refractivity contribution in [3.05, 3.63) is 21.9 Å². The van der Waals surface area contributed by atoms with Gasteiger partial charge in [-0.25, -0.2) is 0 Å². The third-order valence-electron chi connectivity index (χ3n) is 3.16. The maximum atomic E-state index is 12.0. The molecule has 0 aliphatic carbocycles. The van der Waals surface area contributed by atoms with Gasteiger partial charge in [0.15, 0.2) is 0 Å². The van der Waals surface area contributed by atoms with Gasteiger partial charge in [0.05, 0.1) is 0 Å². The van der Waals surface area contributed by atoms with Crippen molar-refractivity contribution in [2.24, 2.45) is 0 Å². The molecule has 1 aromatic heterocycles. The Hall–Kier alpha value is -0.910. The van der Waals surface area contributed by atoms with Crippen molar-refractivity contribution in [2.45, 2.75) is 26.4 Å². The summed E-state index contributed by atoms with van der Waals surface area (Å²) in [7, 11) is 0. The van der Waals surface area contributed by atoms with Crippen molar-refractivity contribution in [3.63, 3.8) is 0 Å². The van der Waals surface area contributed by atoms with Crippen LogP contribution in [0.2, 0.25) is 0 Å². The quantitative estimate of drug-likeness (QED) is 0.854. The third kappa shape index (κ3) is 3.31. The summed E-state index contributed by atoms with van der Waals surface area (Å²) in [5.41, 5.74) is 0. The zero-order valence-electron chi connectivity index (χ0n) is 11.0. The first-order chi connectivity index (χ1) is 8.70. The highest BCUT2D eigenvalue weighted by Crippen LogP contribution is 2.19. The Morgan fingerprint density at radius 1 is 1.61 bits per heavy atom. The average molecular weight is 267 g/mol. The van der Waals surface area contributed by atoms with Crippen LogP contribution >= 0.6 is 11.3 Å². The minimum absolute atomic E-state index is 0.0406. The van der Waals surface area contributed by atoms with E-state index >= 15 is 0 Å². The molecule has 0 spiro atoms. The first kappa shape index (κ1) is 13.5. The molecule has 1 aromatic rings. The van der Waals surface area contributed by atoms with Gasteiger partial charge in [0.1, 0.15) is 6.04 Å². The van der Waals surface area contributed by atoms with Gasteiger partial charge in [0.2, 0.25) is 5.91 Å². The summed E-state index contributed by atoms with van der Waals surface area (Å²) < 4.78 is 0. The number of hydrogen-bond donors (Lipinski definition) is 2. The van der Waals surface area contributed by atoms with Gasteiger partial charge in [0, 0.05) is 42.5 Å². The summed E-state index contributed by atoms with van der Waals surface area (Å²) in [6.07, 6.45) is 0.